The van der Waals surface area contributed by atoms with Gasteiger partial charge in [-0.15, -0.1) is 0 Å². The number of carbonyl (C=O) groups excluding carboxylic acids is 1. The van der Waals surface area contributed by atoms with Gasteiger partial charge < -0.3 is 4.90 Å². The van der Waals surface area contributed by atoms with E-state index < -0.39 is 0 Å². The van der Waals surface area contributed by atoms with Crippen molar-refractivity contribution in [3.63, 3.8) is 0 Å². The Kier molecular flexibility index (Phi) is 4.31. The fourth-order valence-electron chi connectivity index (χ4n) is 2.06. The standard InChI is InChI=1S/C12H16ClN3O/c13-11-9-14-8-10(15-11)12(17)16-6-4-2-1-3-5-7-16/h8-9H,1-7H2. The molecule has 17 heavy (non-hydrogen) atoms. The van der Waals surface area contributed by atoms with E-state index in [0.29, 0.717) is 5.69 Å². The third-order valence-electron chi connectivity index (χ3n) is 2.97. The Morgan fingerprint density at radius 3 is 2.41 bits per heavy atom. The second-order valence-electron chi connectivity index (χ2n) is 4.29. The summed E-state index contributed by atoms with van der Waals surface area (Å²) < 4.78 is 0. The van der Waals surface area contributed by atoms with Gasteiger partial charge in [0.2, 0.25) is 0 Å². The number of amides is 1. The molecule has 0 unspecified atom stereocenters. The topological polar surface area (TPSA) is 46.1 Å². The van der Waals surface area contributed by atoms with Crippen LogP contribution in [0.15, 0.2) is 12.4 Å². The van der Waals surface area contributed by atoms with E-state index in [4.69, 9.17) is 11.6 Å². The van der Waals surface area contributed by atoms with Crippen molar-refractivity contribution in [2.75, 3.05) is 13.1 Å². The lowest BCUT2D eigenvalue weighted by molar-refractivity contribution is 0.0736. The maximum Gasteiger partial charge on any atom is 0.274 e. The van der Waals surface area contributed by atoms with Crippen molar-refractivity contribution in [3.05, 3.63) is 23.2 Å². The minimum absolute atomic E-state index is 0.0538. The van der Waals surface area contributed by atoms with Crippen LogP contribution in [0, 0.1) is 0 Å². The molecule has 2 rings (SSSR count). The van der Waals surface area contributed by atoms with E-state index in [-0.39, 0.29) is 11.1 Å². The van der Waals surface area contributed by atoms with Crippen molar-refractivity contribution in [1.29, 1.82) is 0 Å². The molecule has 1 amide bonds. The monoisotopic (exact) mass is 253 g/mol. The van der Waals surface area contributed by atoms with Gasteiger partial charge in [0.1, 0.15) is 10.8 Å². The highest BCUT2D eigenvalue weighted by molar-refractivity contribution is 6.29. The highest BCUT2D eigenvalue weighted by Crippen LogP contribution is 2.13. The van der Waals surface area contributed by atoms with Gasteiger partial charge in [-0.25, -0.2) is 4.98 Å². The van der Waals surface area contributed by atoms with Crippen molar-refractivity contribution in [3.8, 4) is 0 Å². The Labute approximate surface area is 106 Å². The lowest BCUT2D eigenvalue weighted by atomic mass is 10.1. The number of hydrogen-bond acceptors (Lipinski definition) is 3. The number of aromatic nitrogens is 2. The van der Waals surface area contributed by atoms with E-state index in [9.17, 15) is 4.79 Å². The summed E-state index contributed by atoms with van der Waals surface area (Å²) in [7, 11) is 0. The molecule has 4 nitrogen and oxygen atoms in total. The second kappa shape index (κ2) is 5.96. The Bertz CT molecular complexity index is 389. The van der Waals surface area contributed by atoms with Crippen molar-refractivity contribution in [2.24, 2.45) is 0 Å². The molecule has 1 aliphatic rings. The van der Waals surface area contributed by atoms with Crippen molar-refractivity contribution in [2.45, 2.75) is 32.1 Å². The smallest absolute Gasteiger partial charge is 0.274 e. The maximum atomic E-state index is 12.2. The summed E-state index contributed by atoms with van der Waals surface area (Å²) in [4.78, 5) is 22.0. The molecular formula is C12H16ClN3O. The van der Waals surface area contributed by atoms with Crippen LogP contribution in [0.25, 0.3) is 0 Å². The van der Waals surface area contributed by atoms with Crippen LogP contribution in [0.2, 0.25) is 5.15 Å². The van der Waals surface area contributed by atoms with Crippen LogP contribution in [0.1, 0.15) is 42.6 Å². The average Bonchev–Trinajstić information content (AvgIpc) is 2.28. The summed E-state index contributed by atoms with van der Waals surface area (Å²) in [5.74, 6) is -0.0538. The van der Waals surface area contributed by atoms with Crippen molar-refractivity contribution >= 4 is 17.5 Å². The van der Waals surface area contributed by atoms with Crippen LogP contribution < -0.4 is 0 Å². The zero-order valence-electron chi connectivity index (χ0n) is 9.73. The van der Waals surface area contributed by atoms with Gasteiger partial charge in [0, 0.05) is 13.1 Å². The predicted octanol–water partition coefficient (Wildman–Crippen LogP) is 2.54. The highest BCUT2D eigenvalue weighted by atomic mass is 35.5. The molecule has 5 heteroatoms. The largest absolute Gasteiger partial charge is 0.337 e. The Balaban J connectivity index is 2.07. The first kappa shape index (κ1) is 12.3. The maximum absolute atomic E-state index is 12.2. The van der Waals surface area contributed by atoms with Gasteiger partial charge in [0.05, 0.1) is 12.4 Å². The van der Waals surface area contributed by atoms with E-state index in [1.54, 1.807) is 0 Å². The van der Waals surface area contributed by atoms with Crippen LogP contribution >= 0.6 is 11.6 Å². The first-order valence-corrected chi connectivity index (χ1v) is 6.42. The quantitative estimate of drug-likeness (QED) is 0.773. The molecule has 1 aromatic heterocycles. The number of carbonyl (C=O) groups is 1. The van der Waals surface area contributed by atoms with E-state index in [2.05, 4.69) is 9.97 Å². The molecule has 1 saturated heterocycles. The van der Waals surface area contributed by atoms with Gasteiger partial charge in [-0.1, -0.05) is 30.9 Å². The van der Waals surface area contributed by atoms with Crippen LogP contribution in [0.4, 0.5) is 0 Å². The number of halogens is 1. The first-order valence-electron chi connectivity index (χ1n) is 6.04. The van der Waals surface area contributed by atoms with E-state index >= 15 is 0 Å². The molecule has 0 atom stereocenters. The summed E-state index contributed by atoms with van der Waals surface area (Å²) in [5, 5.41) is 0.267. The number of rotatable bonds is 1. The molecule has 2 heterocycles. The summed E-state index contributed by atoms with van der Waals surface area (Å²) in [6.07, 6.45) is 8.73. The number of likely N-dealkylation sites (tertiary alicyclic amines) is 1. The SMILES string of the molecule is O=C(c1cncc(Cl)n1)N1CCCCCCC1. The van der Waals surface area contributed by atoms with Crippen LogP contribution in [-0.2, 0) is 0 Å². The minimum Gasteiger partial charge on any atom is -0.337 e. The zero-order valence-corrected chi connectivity index (χ0v) is 10.5. The number of hydrogen-bond donors (Lipinski definition) is 0. The molecule has 0 N–H and O–H groups in total. The van der Waals surface area contributed by atoms with E-state index in [1.807, 2.05) is 4.90 Å². The lowest BCUT2D eigenvalue weighted by Gasteiger charge is -2.24. The molecule has 0 bridgehead atoms. The molecule has 0 aliphatic carbocycles. The molecule has 1 aliphatic heterocycles. The molecule has 92 valence electrons. The van der Waals surface area contributed by atoms with Crippen molar-refractivity contribution < 1.29 is 4.79 Å². The molecular weight excluding hydrogens is 238 g/mol. The summed E-state index contributed by atoms with van der Waals surface area (Å²) in [6, 6.07) is 0. The summed E-state index contributed by atoms with van der Waals surface area (Å²) >= 11 is 5.74. The lowest BCUT2D eigenvalue weighted by Crippen LogP contribution is -2.34. The Morgan fingerprint density at radius 1 is 1.12 bits per heavy atom. The highest BCUT2D eigenvalue weighted by Gasteiger charge is 2.18. The third-order valence-corrected chi connectivity index (χ3v) is 3.15. The predicted molar refractivity (Wildman–Crippen MR) is 66.0 cm³/mol. The second-order valence-corrected chi connectivity index (χ2v) is 4.67. The summed E-state index contributed by atoms with van der Waals surface area (Å²) in [6.45, 7) is 1.63. The third kappa shape index (κ3) is 3.40. The fourth-order valence-corrected chi connectivity index (χ4v) is 2.21. The fraction of sp³-hybridized carbons (Fsp3) is 0.583. The van der Waals surface area contributed by atoms with E-state index in [1.165, 1.54) is 31.7 Å². The van der Waals surface area contributed by atoms with Crippen LogP contribution in [0.5, 0.6) is 0 Å². The van der Waals surface area contributed by atoms with E-state index in [0.717, 1.165) is 25.9 Å². The molecule has 0 saturated carbocycles. The Hall–Kier alpha value is -1.16. The van der Waals surface area contributed by atoms with Crippen LogP contribution in [0.3, 0.4) is 0 Å². The minimum atomic E-state index is -0.0538. The summed E-state index contributed by atoms with van der Waals surface area (Å²) in [5.41, 5.74) is 0.345. The molecule has 0 spiro atoms. The zero-order chi connectivity index (χ0) is 12.1. The van der Waals surface area contributed by atoms with Gasteiger partial charge in [-0.2, -0.15) is 0 Å². The molecule has 1 fully saturated rings. The Morgan fingerprint density at radius 2 is 1.76 bits per heavy atom. The average molecular weight is 254 g/mol. The van der Waals surface area contributed by atoms with Crippen molar-refractivity contribution in [1.82, 2.24) is 14.9 Å². The van der Waals surface area contributed by atoms with Gasteiger partial charge >= 0.3 is 0 Å². The van der Waals surface area contributed by atoms with Gasteiger partial charge in [-0.05, 0) is 12.8 Å². The molecule has 0 aromatic carbocycles. The molecule has 0 radical (unpaired) electrons. The van der Waals surface area contributed by atoms with Gasteiger partial charge in [0.15, 0.2) is 0 Å². The van der Waals surface area contributed by atoms with Gasteiger partial charge in [0.25, 0.3) is 5.91 Å². The normalized spacial score (nSPS) is 17.4. The molecule has 1 aromatic rings. The first-order chi connectivity index (χ1) is 8.27. The van der Waals surface area contributed by atoms with Gasteiger partial charge in [-0.3, -0.25) is 9.78 Å². The van der Waals surface area contributed by atoms with Crippen LogP contribution in [-0.4, -0.2) is 33.9 Å². The number of nitrogens with zero attached hydrogens (tertiary/aromatic N) is 3.